The summed E-state index contributed by atoms with van der Waals surface area (Å²) >= 11 is 12.8. The normalized spacial score (nSPS) is 17.1. The molecule has 0 radical (unpaired) electrons. The number of carbonyl (C=O) groups is 1. The number of hydrogen-bond acceptors (Lipinski definition) is 6. The molecule has 1 fully saturated rings. The van der Waals surface area contributed by atoms with Crippen LogP contribution in [0.5, 0.6) is 0 Å². The SMILES string of the molecule is COCCN1CCC(n2c(CNc3n[nH]c4cc(Cl)c(C(C)(C)C)cc34)nc(Cl)c2C(=O)O)C1. The average molecular weight is 509 g/mol. The summed E-state index contributed by atoms with van der Waals surface area (Å²) in [4.78, 5) is 18.7. The number of methoxy groups -OCH3 is 1. The van der Waals surface area contributed by atoms with E-state index in [1.54, 1.807) is 11.7 Å². The third kappa shape index (κ3) is 4.88. The molecule has 4 rings (SSSR count). The van der Waals surface area contributed by atoms with Crippen LogP contribution in [0.3, 0.4) is 0 Å². The van der Waals surface area contributed by atoms with Crippen molar-refractivity contribution in [2.45, 2.75) is 45.2 Å². The molecule has 11 heteroatoms. The number of rotatable bonds is 8. The van der Waals surface area contributed by atoms with Crippen LogP contribution in [0.1, 0.15) is 55.1 Å². The predicted molar refractivity (Wildman–Crippen MR) is 133 cm³/mol. The number of nitrogens with zero attached hydrogens (tertiary/aromatic N) is 4. The molecule has 1 unspecified atom stereocenters. The Morgan fingerprint density at radius 1 is 1.35 bits per heavy atom. The topological polar surface area (TPSA) is 108 Å². The molecule has 184 valence electrons. The molecule has 3 N–H and O–H groups in total. The largest absolute Gasteiger partial charge is 0.476 e. The number of aromatic amines is 1. The molecule has 1 aliphatic rings. The number of imidazole rings is 1. The number of carboxylic acids is 1. The molecular weight excluding hydrogens is 479 g/mol. The van der Waals surface area contributed by atoms with Gasteiger partial charge in [0.05, 0.1) is 18.7 Å². The second-order valence-corrected chi connectivity index (χ2v) is 10.4. The minimum atomic E-state index is -1.09. The van der Waals surface area contributed by atoms with Crippen LogP contribution in [0.4, 0.5) is 5.82 Å². The van der Waals surface area contributed by atoms with Gasteiger partial charge in [0.25, 0.3) is 0 Å². The lowest BCUT2D eigenvalue weighted by atomic mass is 9.86. The maximum Gasteiger partial charge on any atom is 0.355 e. The fourth-order valence-corrected chi connectivity index (χ4v) is 5.23. The Morgan fingerprint density at radius 2 is 2.12 bits per heavy atom. The van der Waals surface area contributed by atoms with Gasteiger partial charge in [0.1, 0.15) is 5.82 Å². The van der Waals surface area contributed by atoms with E-state index in [0.717, 1.165) is 36.0 Å². The first-order valence-electron chi connectivity index (χ1n) is 11.2. The third-order valence-electron chi connectivity index (χ3n) is 6.24. The zero-order chi connectivity index (χ0) is 24.6. The van der Waals surface area contributed by atoms with Crippen molar-refractivity contribution in [3.05, 3.63) is 39.4 Å². The Kier molecular flexibility index (Phi) is 7.09. The molecule has 1 aromatic carbocycles. The molecule has 0 bridgehead atoms. The maximum atomic E-state index is 12.0. The van der Waals surface area contributed by atoms with Gasteiger partial charge in [-0.15, -0.1) is 0 Å². The maximum absolute atomic E-state index is 12.0. The molecule has 0 amide bonds. The molecular formula is C23H30Cl2N6O3. The highest BCUT2D eigenvalue weighted by Crippen LogP contribution is 2.35. The Bertz CT molecular complexity index is 1200. The number of hydrogen-bond donors (Lipinski definition) is 3. The summed E-state index contributed by atoms with van der Waals surface area (Å²) in [7, 11) is 1.67. The zero-order valence-electron chi connectivity index (χ0n) is 19.8. The van der Waals surface area contributed by atoms with Crippen LogP contribution < -0.4 is 5.32 Å². The summed E-state index contributed by atoms with van der Waals surface area (Å²) in [5.41, 5.74) is 1.73. The molecule has 2 aromatic heterocycles. The van der Waals surface area contributed by atoms with E-state index < -0.39 is 5.97 Å². The molecule has 3 aromatic rings. The summed E-state index contributed by atoms with van der Waals surface area (Å²) in [6.07, 6.45) is 0.808. The molecule has 1 aliphatic heterocycles. The number of anilines is 1. The van der Waals surface area contributed by atoms with E-state index in [4.69, 9.17) is 27.9 Å². The highest BCUT2D eigenvalue weighted by molar-refractivity contribution is 6.32. The second-order valence-electron chi connectivity index (χ2n) is 9.63. The van der Waals surface area contributed by atoms with Crippen LogP contribution in [0, 0.1) is 0 Å². The number of halogens is 2. The van der Waals surface area contributed by atoms with Gasteiger partial charge in [-0.25, -0.2) is 9.78 Å². The molecule has 3 heterocycles. The van der Waals surface area contributed by atoms with Crippen molar-refractivity contribution in [2.75, 3.05) is 38.7 Å². The monoisotopic (exact) mass is 508 g/mol. The van der Waals surface area contributed by atoms with Gasteiger partial charge < -0.3 is 19.7 Å². The van der Waals surface area contributed by atoms with Gasteiger partial charge in [-0.1, -0.05) is 44.0 Å². The minimum Gasteiger partial charge on any atom is -0.476 e. The van der Waals surface area contributed by atoms with E-state index in [0.29, 0.717) is 29.8 Å². The Balaban J connectivity index is 1.62. The lowest BCUT2D eigenvalue weighted by Crippen LogP contribution is -2.27. The quantitative estimate of drug-likeness (QED) is 0.408. The zero-order valence-corrected chi connectivity index (χ0v) is 21.3. The average Bonchev–Trinajstić information content (AvgIpc) is 3.45. The number of nitrogens with one attached hydrogen (secondary N) is 2. The van der Waals surface area contributed by atoms with Crippen molar-refractivity contribution in [1.82, 2.24) is 24.6 Å². The molecule has 1 saturated heterocycles. The smallest absolute Gasteiger partial charge is 0.355 e. The fraction of sp³-hybridized carbons (Fsp3) is 0.522. The van der Waals surface area contributed by atoms with Gasteiger partial charge in [0.2, 0.25) is 0 Å². The number of likely N-dealkylation sites (tertiary alicyclic amines) is 1. The summed E-state index contributed by atoms with van der Waals surface area (Å²) in [5.74, 6) is 0.115. The predicted octanol–water partition coefficient (Wildman–Crippen LogP) is 4.57. The summed E-state index contributed by atoms with van der Waals surface area (Å²) < 4.78 is 6.94. The Labute approximate surface area is 208 Å². The van der Waals surface area contributed by atoms with E-state index in [2.05, 4.69) is 46.2 Å². The van der Waals surface area contributed by atoms with Crippen molar-refractivity contribution in [3.8, 4) is 0 Å². The van der Waals surface area contributed by atoms with Gasteiger partial charge in [-0.2, -0.15) is 5.10 Å². The summed E-state index contributed by atoms with van der Waals surface area (Å²) in [6.45, 7) is 9.59. The lowest BCUT2D eigenvalue weighted by Gasteiger charge is -2.21. The number of fused-ring (bicyclic) bond motifs is 1. The van der Waals surface area contributed by atoms with Gasteiger partial charge in [-0.05, 0) is 29.5 Å². The lowest BCUT2D eigenvalue weighted by molar-refractivity contribution is 0.0682. The number of H-pyrrole nitrogens is 1. The number of aromatic carboxylic acids is 1. The van der Waals surface area contributed by atoms with Crippen LogP contribution in [-0.2, 0) is 16.7 Å². The highest BCUT2D eigenvalue weighted by Gasteiger charge is 2.31. The second kappa shape index (κ2) is 9.73. The summed E-state index contributed by atoms with van der Waals surface area (Å²) in [6, 6.07) is 3.88. The van der Waals surface area contributed by atoms with E-state index in [1.807, 2.05) is 12.1 Å². The van der Waals surface area contributed by atoms with Gasteiger partial charge in [0.15, 0.2) is 16.7 Å². The van der Waals surface area contributed by atoms with Crippen molar-refractivity contribution >= 4 is 45.9 Å². The number of aromatic nitrogens is 4. The molecule has 34 heavy (non-hydrogen) atoms. The summed E-state index contributed by atoms with van der Waals surface area (Å²) in [5, 5.41) is 22.1. The molecule has 1 atom stereocenters. The van der Waals surface area contributed by atoms with Crippen molar-refractivity contribution in [2.24, 2.45) is 0 Å². The van der Waals surface area contributed by atoms with Crippen molar-refractivity contribution in [1.29, 1.82) is 0 Å². The van der Waals surface area contributed by atoms with Crippen LogP contribution in [-0.4, -0.2) is 69.1 Å². The van der Waals surface area contributed by atoms with Crippen LogP contribution in [0.15, 0.2) is 12.1 Å². The molecule has 9 nitrogen and oxygen atoms in total. The Hall–Kier alpha value is -2.33. The van der Waals surface area contributed by atoms with Crippen molar-refractivity contribution in [3.63, 3.8) is 0 Å². The van der Waals surface area contributed by atoms with Gasteiger partial charge in [-0.3, -0.25) is 10.00 Å². The van der Waals surface area contributed by atoms with Crippen molar-refractivity contribution < 1.29 is 14.6 Å². The number of benzene rings is 1. The molecule has 0 spiro atoms. The first-order chi connectivity index (χ1) is 16.1. The fourth-order valence-electron chi connectivity index (χ4n) is 4.51. The van der Waals surface area contributed by atoms with Crippen LogP contribution >= 0.6 is 23.2 Å². The minimum absolute atomic E-state index is 0.00618. The van der Waals surface area contributed by atoms with E-state index in [9.17, 15) is 9.90 Å². The number of carboxylic acid groups (broad SMARTS) is 1. The van der Waals surface area contributed by atoms with Gasteiger partial charge in [0, 0.05) is 43.2 Å². The first kappa shape index (κ1) is 24.8. The van der Waals surface area contributed by atoms with E-state index in [-0.39, 0.29) is 28.8 Å². The highest BCUT2D eigenvalue weighted by atomic mass is 35.5. The third-order valence-corrected chi connectivity index (χ3v) is 6.82. The number of ether oxygens (including phenoxy) is 1. The molecule has 0 saturated carbocycles. The van der Waals surface area contributed by atoms with Gasteiger partial charge >= 0.3 is 5.97 Å². The van der Waals surface area contributed by atoms with E-state index in [1.165, 1.54) is 0 Å². The van der Waals surface area contributed by atoms with Crippen LogP contribution in [0.25, 0.3) is 10.9 Å². The Morgan fingerprint density at radius 3 is 2.79 bits per heavy atom. The first-order valence-corrected chi connectivity index (χ1v) is 12.0. The van der Waals surface area contributed by atoms with Crippen LogP contribution in [0.2, 0.25) is 10.2 Å². The molecule has 0 aliphatic carbocycles. The van der Waals surface area contributed by atoms with E-state index >= 15 is 0 Å². The standard InChI is InChI=1S/C23H30Cl2N6O3/c1-23(2,3)15-9-14-17(10-16(15)24)28-29-21(14)26-11-18-27-20(25)19(22(32)33)31(18)13-5-6-30(12-13)7-8-34-4/h9-10,13H,5-8,11-12H2,1-4H3,(H,32,33)(H2,26,28,29).